The van der Waals surface area contributed by atoms with E-state index in [0.29, 0.717) is 11.1 Å². The molecule has 0 bridgehead atoms. The molecule has 1 rings (SSSR count). The zero-order valence-electron chi connectivity index (χ0n) is 9.93. The molecule has 2 nitrogen and oxygen atoms in total. The normalized spacial score (nSPS) is 13.2. The third-order valence-corrected chi connectivity index (χ3v) is 8.42. The molecular formula is C10H18ClNOSSi. The fourth-order valence-corrected chi connectivity index (χ4v) is 2.53. The van der Waals surface area contributed by atoms with Crippen molar-refractivity contribution in [3.8, 4) is 0 Å². The van der Waals surface area contributed by atoms with E-state index in [4.69, 9.17) is 16.0 Å². The summed E-state index contributed by atoms with van der Waals surface area (Å²) in [6.07, 6.45) is 0. The van der Waals surface area contributed by atoms with Crippen LogP contribution in [0.1, 0.15) is 26.5 Å². The molecule has 5 heteroatoms. The van der Waals surface area contributed by atoms with Crippen molar-refractivity contribution in [2.45, 2.75) is 45.5 Å². The van der Waals surface area contributed by atoms with Gasteiger partial charge in [0, 0.05) is 5.38 Å². The number of halogens is 1. The maximum atomic E-state index is 6.02. The largest absolute Gasteiger partial charge is 0.411 e. The van der Waals surface area contributed by atoms with Gasteiger partial charge in [-0.3, -0.25) is 0 Å². The number of nitrogens with zero attached hydrogens (tertiary/aromatic N) is 1. The third kappa shape index (κ3) is 3.55. The lowest BCUT2D eigenvalue weighted by molar-refractivity contribution is 0.273. The first-order valence-corrected chi connectivity index (χ1v) is 9.13. The van der Waals surface area contributed by atoms with E-state index in [0.717, 1.165) is 5.69 Å². The predicted molar refractivity (Wildman–Crippen MR) is 69.1 cm³/mol. The summed E-state index contributed by atoms with van der Waals surface area (Å²) in [5.41, 5.74) is 0.940. The second kappa shape index (κ2) is 4.53. The van der Waals surface area contributed by atoms with Crippen molar-refractivity contribution < 1.29 is 4.43 Å². The summed E-state index contributed by atoms with van der Waals surface area (Å²) >= 11 is 7.22. The highest BCUT2D eigenvalue weighted by molar-refractivity contribution is 7.13. The van der Waals surface area contributed by atoms with E-state index in [1.54, 1.807) is 0 Å². The maximum absolute atomic E-state index is 6.02. The van der Waals surface area contributed by atoms with E-state index < -0.39 is 8.32 Å². The van der Waals surface area contributed by atoms with Gasteiger partial charge in [0.15, 0.2) is 12.8 Å². The predicted octanol–water partition coefficient (Wildman–Crippen LogP) is 4.32. The topological polar surface area (TPSA) is 22.1 Å². The average Bonchev–Trinajstić information content (AvgIpc) is 2.46. The molecule has 15 heavy (non-hydrogen) atoms. The van der Waals surface area contributed by atoms with Gasteiger partial charge in [0.05, 0.1) is 12.3 Å². The van der Waals surface area contributed by atoms with Crippen LogP contribution >= 0.6 is 22.9 Å². The molecular weight excluding hydrogens is 246 g/mol. The van der Waals surface area contributed by atoms with Crippen LogP contribution in [-0.4, -0.2) is 13.3 Å². The van der Waals surface area contributed by atoms with Crippen LogP contribution in [0, 0.1) is 0 Å². The van der Waals surface area contributed by atoms with Crippen LogP contribution in [0.5, 0.6) is 0 Å². The molecule has 0 aliphatic carbocycles. The van der Waals surface area contributed by atoms with Gasteiger partial charge in [0.1, 0.15) is 0 Å². The van der Waals surface area contributed by atoms with Gasteiger partial charge >= 0.3 is 0 Å². The van der Waals surface area contributed by atoms with Gasteiger partial charge in [0.25, 0.3) is 0 Å². The summed E-state index contributed by atoms with van der Waals surface area (Å²) in [6, 6.07) is 0. The first kappa shape index (κ1) is 13.2. The van der Waals surface area contributed by atoms with Gasteiger partial charge < -0.3 is 4.43 Å². The lowest BCUT2D eigenvalue weighted by Gasteiger charge is -2.35. The van der Waals surface area contributed by atoms with Gasteiger partial charge in [0.2, 0.25) is 0 Å². The lowest BCUT2D eigenvalue weighted by atomic mass is 10.2. The Balaban J connectivity index is 2.57. The fourth-order valence-electron chi connectivity index (χ4n) is 0.819. The van der Waals surface area contributed by atoms with Crippen molar-refractivity contribution in [2.24, 2.45) is 0 Å². The Morgan fingerprint density at radius 2 is 2.07 bits per heavy atom. The van der Waals surface area contributed by atoms with Gasteiger partial charge in [-0.25, -0.2) is 4.98 Å². The zero-order chi connectivity index (χ0) is 11.7. The van der Waals surface area contributed by atoms with E-state index in [-0.39, 0.29) is 5.04 Å². The number of hydrogen-bond donors (Lipinski definition) is 0. The Kier molecular flexibility index (Phi) is 3.98. The van der Waals surface area contributed by atoms with E-state index in [9.17, 15) is 0 Å². The van der Waals surface area contributed by atoms with Crippen LogP contribution in [0.4, 0.5) is 0 Å². The van der Waals surface area contributed by atoms with Crippen LogP contribution in [0.25, 0.3) is 0 Å². The molecule has 1 aromatic heterocycles. The SMILES string of the molecule is CC(C)(C)[Si](C)(C)OCc1csc(Cl)n1. The standard InChI is InChI=1S/C10H18ClNOSSi/c1-10(2,3)15(4,5)13-6-8-7-14-9(11)12-8/h7H,6H2,1-5H3. The number of thiazole rings is 1. The van der Waals surface area contributed by atoms with E-state index in [1.165, 1.54) is 11.3 Å². The van der Waals surface area contributed by atoms with Gasteiger partial charge in [-0.1, -0.05) is 32.4 Å². The number of hydrogen-bond acceptors (Lipinski definition) is 3. The quantitative estimate of drug-likeness (QED) is 0.758. The minimum absolute atomic E-state index is 0.243. The van der Waals surface area contributed by atoms with Crippen molar-refractivity contribution >= 4 is 31.3 Å². The molecule has 1 heterocycles. The average molecular weight is 264 g/mol. The van der Waals surface area contributed by atoms with Crippen molar-refractivity contribution in [1.82, 2.24) is 4.98 Å². The molecule has 0 fully saturated rings. The first-order valence-electron chi connectivity index (χ1n) is 4.96. The summed E-state index contributed by atoms with van der Waals surface area (Å²) in [4.78, 5) is 4.18. The van der Waals surface area contributed by atoms with Gasteiger partial charge in [-0.05, 0) is 18.1 Å². The minimum Gasteiger partial charge on any atom is -0.411 e. The molecule has 0 atom stereocenters. The molecule has 0 aliphatic rings. The second-order valence-corrected chi connectivity index (χ2v) is 11.4. The molecule has 0 saturated heterocycles. The molecule has 0 N–H and O–H groups in total. The smallest absolute Gasteiger partial charge is 0.192 e. The Morgan fingerprint density at radius 3 is 2.47 bits per heavy atom. The summed E-state index contributed by atoms with van der Waals surface area (Å²) < 4.78 is 6.60. The summed E-state index contributed by atoms with van der Waals surface area (Å²) in [7, 11) is -1.66. The van der Waals surface area contributed by atoms with Gasteiger partial charge in [-0.2, -0.15) is 0 Å². The molecule has 0 aromatic carbocycles. The zero-order valence-corrected chi connectivity index (χ0v) is 12.5. The molecule has 86 valence electrons. The van der Waals surface area contributed by atoms with E-state index >= 15 is 0 Å². The third-order valence-electron chi connectivity index (χ3n) is 2.91. The molecule has 0 radical (unpaired) electrons. The summed E-state index contributed by atoms with van der Waals surface area (Å²) in [6.45, 7) is 11.7. The molecule has 0 saturated carbocycles. The Labute approximate surface area is 102 Å². The second-order valence-electron chi connectivity index (χ2n) is 5.14. The number of rotatable bonds is 3. The van der Waals surface area contributed by atoms with E-state index in [2.05, 4.69) is 38.8 Å². The minimum atomic E-state index is -1.66. The van der Waals surface area contributed by atoms with Crippen LogP contribution in [-0.2, 0) is 11.0 Å². The Morgan fingerprint density at radius 1 is 1.47 bits per heavy atom. The Hall–Kier alpha value is 0.0969. The molecule has 1 aromatic rings. The highest BCUT2D eigenvalue weighted by Gasteiger charge is 2.37. The van der Waals surface area contributed by atoms with Crippen LogP contribution < -0.4 is 0 Å². The molecule has 0 aliphatic heterocycles. The molecule has 0 amide bonds. The van der Waals surface area contributed by atoms with Crippen LogP contribution in [0.2, 0.25) is 22.6 Å². The maximum Gasteiger partial charge on any atom is 0.192 e. The highest BCUT2D eigenvalue weighted by atomic mass is 35.5. The van der Waals surface area contributed by atoms with Crippen LogP contribution in [0.15, 0.2) is 5.38 Å². The van der Waals surface area contributed by atoms with E-state index in [1.807, 2.05) is 5.38 Å². The molecule has 0 spiro atoms. The first-order chi connectivity index (χ1) is 6.72. The highest BCUT2D eigenvalue weighted by Crippen LogP contribution is 2.37. The van der Waals surface area contributed by atoms with Crippen molar-refractivity contribution in [2.75, 3.05) is 0 Å². The van der Waals surface area contributed by atoms with Crippen LogP contribution in [0.3, 0.4) is 0 Å². The molecule has 0 unspecified atom stereocenters. The summed E-state index contributed by atoms with van der Waals surface area (Å²) in [5, 5.41) is 2.20. The fraction of sp³-hybridized carbons (Fsp3) is 0.700. The lowest BCUT2D eigenvalue weighted by Crippen LogP contribution is -2.40. The number of aromatic nitrogens is 1. The van der Waals surface area contributed by atoms with Crippen molar-refractivity contribution in [3.63, 3.8) is 0 Å². The monoisotopic (exact) mass is 263 g/mol. The summed E-state index contributed by atoms with van der Waals surface area (Å²) in [5.74, 6) is 0. The van der Waals surface area contributed by atoms with Crippen molar-refractivity contribution in [3.05, 3.63) is 15.5 Å². The Bertz CT molecular complexity index is 332. The van der Waals surface area contributed by atoms with Gasteiger partial charge in [-0.15, -0.1) is 11.3 Å². The van der Waals surface area contributed by atoms with Crippen molar-refractivity contribution in [1.29, 1.82) is 0 Å².